The zero-order valence-electron chi connectivity index (χ0n) is 19.5. The van der Waals surface area contributed by atoms with Gasteiger partial charge in [-0.05, 0) is 53.1 Å². The van der Waals surface area contributed by atoms with Crippen molar-refractivity contribution >= 4 is 11.4 Å². The van der Waals surface area contributed by atoms with Gasteiger partial charge in [0.2, 0.25) is 0 Å². The predicted molar refractivity (Wildman–Crippen MR) is 132 cm³/mol. The van der Waals surface area contributed by atoms with Gasteiger partial charge >= 0.3 is 0 Å². The normalized spacial score (nSPS) is 18.5. The third kappa shape index (κ3) is 6.03. The van der Waals surface area contributed by atoms with Crippen molar-refractivity contribution in [3.63, 3.8) is 0 Å². The summed E-state index contributed by atoms with van der Waals surface area (Å²) in [7, 11) is 0. The number of aromatic nitrogens is 1. The van der Waals surface area contributed by atoms with Crippen molar-refractivity contribution in [2.45, 2.75) is 12.6 Å². The van der Waals surface area contributed by atoms with Crippen molar-refractivity contribution < 1.29 is 13.5 Å². The van der Waals surface area contributed by atoms with Gasteiger partial charge in [0.1, 0.15) is 17.5 Å². The third-order valence-corrected chi connectivity index (χ3v) is 6.35. The fraction of sp³-hybridized carbons (Fsp3) is 0.296. The van der Waals surface area contributed by atoms with Crippen LogP contribution >= 0.6 is 0 Å². The zero-order valence-corrected chi connectivity index (χ0v) is 19.5. The van der Waals surface area contributed by atoms with E-state index in [-0.39, 0.29) is 17.7 Å². The Kier molecular flexibility index (Phi) is 7.32. The SMILES string of the molecule is Fc1ccc(CNc2cc(C3=CN(CCN4CCOCC4)NC3c3ccc(F)cc3)ccn2)cc1. The van der Waals surface area contributed by atoms with E-state index in [0.717, 1.165) is 67.5 Å². The molecular weight excluding hydrogens is 448 g/mol. The van der Waals surface area contributed by atoms with E-state index in [1.807, 2.05) is 24.3 Å². The highest BCUT2D eigenvalue weighted by atomic mass is 19.1. The molecule has 3 aromatic rings. The van der Waals surface area contributed by atoms with Crippen molar-refractivity contribution in [2.24, 2.45) is 0 Å². The molecule has 1 aromatic heterocycles. The van der Waals surface area contributed by atoms with Crippen molar-refractivity contribution in [3.8, 4) is 0 Å². The monoisotopic (exact) mass is 477 g/mol. The van der Waals surface area contributed by atoms with Gasteiger partial charge in [-0.2, -0.15) is 0 Å². The van der Waals surface area contributed by atoms with Crippen LogP contribution in [0.1, 0.15) is 22.7 Å². The maximum absolute atomic E-state index is 13.6. The van der Waals surface area contributed by atoms with Crippen LogP contribution in [0.2, 0.25) is 0 Å². The number of morpholine rings is 1. The molecule has 1 unspecified atom stereocenters. The van der Waals surface area contributed by atoms with Crippen LogP contribution in [0.3, 0.4) is 0 Å². The van der Waals surface area contributed by atoms with Gasteiger partial charge in [-0.25, -0.2) is 19.2 Å². The van der Waals surface area contributed by atoms with E-state index in [1.54, 1.807) is 18.3 Å². The molecule has 8 heteroatoms. The molecule has 3 heterocycles. The number of hydrogen-bond acceptors (Lipinski definition) is 6. The Morgan fingerprint density at radius 3 is 2.40 bits per heavy atom. The molecule has 0 spiro atoms. The summed E-state index contributed by atoms with van der Waals surface area (Å²) in [6.07, 6.45) is 3.91. The topological polar surface area (TPSA) is 52.7 Å². The number of nitrogens with one attached hydrogen (secondary N) is 2. The number of ether oxygens (including phenoxy) is 1. The molecule has 0 saturated carbocycles. The first kappa shape index (κ1) is 23.4. The molecule has 2 N–H and O–H groups in total. The minimum atomic E-state index is -0.252. The van der Waals surface area contributed by atoms with Crippen molar-refractivity contribution in [1.82, 2.24) is 20.3 Å². The summed E-state index contributed by atoms with van der Waals surface area (Å²) in [6.45, 7) is 5.73. The van der Waals surface area contributed by atoms with Crippen LogP contribution in [0.25, 0.3) is 5.57 Å². The maximum Gasteiger partial charge on any atom is 0.126 e. The number of anilines is 1. The first-order chi connectivity index (χ1) is 17.1. The van der Waals surface area contributed by atoms with Crippen LogP contribution in [0.4, 0.5) is 14.6 Å². The molecule has 5 rings (SSSR count). The maximum atomic E-state index is 13.6. The van der Waals surface area contributed by atoms with Gasteiger partial charge in [0.05, 0.1) is 19.3 Å². The number of nitrogens with zero attached hydrogens (tertiary/aromatic N) is 3. The van der Waals surface area contributed by atoms with Crippen molar-refractivity contribution in [3.05, 3.63) is 101 Å². The van der Waals surface area contributed by atoms with Gasteiger partial charge in [0, 0.05) is 50.7 Å². The van der Waals surface area contributed by atoms with Gasteiger partial charge < -0.3 is 15.1 Å². The number of hydrogen-bond donors (Lipinski definition) is 2. The summed E-state index contributed by atoms with van der Waals surface area (Å²) >= 11 is 0. The van der Waals surface area contributed by atoms with Crippen LogP contribution in [-0.2, 0) is 11.3 Å². The number of benzene rings is 2. The number of rotatable bonds is 8. The Morgan fingerprint density at radius 2 is 1.66 bits per heavy atom. The lowest BCUT2D eigenvalue weighted by atomic mass is 9.95. The Hall–Kier alpha value is -3.33. The highest BCUT2D eigenvalue weighted by molar-refractivity contribution is 5.73. The smallest absolute Gasteiger partial charge is 0.126 e. The lowest BCUT2D eigenvalue weighted by molar-refractivity contribution is 0.0336. The first-order valence-electron chi connectivity index (χ1n) is 11.9. The van der Waals surface area contributed by atoms with E-state index in [4.69, 9.17) is 4.74 Å². The Morgan fingerprint density at radius 1 is 0.943 bits per heavy atom. The predicted octanol–water partition coefficient (Wildman–Crippen LogP) is 4.21. The summed E-state index contributed by atoms with van der Waals surface area (Å²) in [5.41, 5.74) is 7.66. The number of hydrazine groups is 1. The molecule has 0 aliphatic carbocycles. The average molecular weight is 478 g/mol. The molecular formula is C27H29F2N5O. The molecule has 2 aliphatic heterocycles. The minimum absolute atomic E-state index is 0.104. The molecule has 0 amide bonds. The van der Waals surface area contributed by atoms with Crippen LogP contribution < -0.4 is 10.7 Å². The lowest BCUT2D eigenvalue weighted by Crippen LogP contribution is -2.42. The Bertz CT molecular complexity index is 1150. The Labute approximate surface area is 204 Å². The summed E-state index contributed by atoms with van der Waals surface area (Å²) in [4.78, 5) is 6.85. The molecule has 182 valence electrons. The lowest BCUT2D eigenvalue weighted by Gasteiger charge is -2.29. The fourth-order valence-corrected chi connectivity index (χ4v) is 4.37. The van der Waals surface area contributed by atoms with E-state index < -0.39 is 0 Å². The number of pyridine rings is 1. The molecule has 1 atom stereocenters. The second-order valence-corrected chi connectivity index (χ2v) is 8.76. The highest BCUT2D eigenvalue weighted by Crippen LogP contribution is 2.35. The van der Waals surface area contributed by atoms with E-state index in [1.165, 1.54) is 24.3 Å². The average Bonchev–Trinajstić information content (AvgIpc) is 3.33. The van der Waals surface area contributed by atoms with E-state index >= 15 is 0 Å². The van der Waals surface area contributed by atoms with Gasteiger partial charge in [-0.15, -0.1) is 0 Å². The summed E-state index contributed by atoms with van der Waals surface area (Å²) < 4.78 is 32.2. The molecule has 2 aromatic carbocycles. The molecule has 1 saturated heterocycles. The van der Waals surface area contributed by atoms with Crippen LogP contribution in [0, 0.1) is 11.6 Å². The molecule has 6 nitrogen and oxygen atoms in total. The fourth-order valence-electron chi connectivity index (χ4n) is 4.37. The summed E-state index contributed by atoms with van der Waals surface area (Å²) in [5, 5.41) is 5.44. The molecule has 35 heavy (non-hydrogen) atoms. The van der Waals surface area contributed by atoms with Crippen molar-refractivity contribution in [1.29, 1.82) is 0 Å². The van der Waals surface area contributed by atoms with E-state index in [2.05, 4.69) is 31.8 Å². The van der Waals surface area contributed by atoms with Gasteiger partial charge in [-0.3, -0.25) is 4.90 Å². The second kappa shape index (κ2) is 10.9. The Balaban J connectivity index is 1.33. The second-order valence-electron chi connectivity index (χ2n) is 8.76. The van der Waals surface area contributed by atoms with Gasteiger partial charge in [0.25, 0.3) is 0 Å². The minimum Gasteiger partial charge on any atom is -0.379 e. The molecule has 2 aliphatic rings. The molecule has 0 radical (unpaired) electrons. The largest absolute Gasteiger partial charge is 0.379 e. The highest BCUT2D eigenvalue weighted by Gasteiger charge is 2.27. The zero-order chi connectivity index (χ0) is 24.0. The van der Waals surface area contributed by atoms with Gasteiger partial charge in [-0.1, -0.05) is 24.3 Å². The van der Waals surface area contributed by atoms with Crippen LogP contribution in [0.15, 0.2) is 73.1 Å². The van der Waals surface area contributed by atoms with Gasteiger partial charge in [0.15, 0.2) is 0 Å². The molecule has 1 fully saturated rings. The van der Waals surface area contributed by atoms with E-state index in [9.17, 15) is 8.78 Å². The summed E-state index contributed by atoms with van der Waals surface area (Å²) in [5.74, 6) is 0.231. The third-order valence-electron chi connectivity index (χ3n) is 6.35. The summed E-state index contributed by atoms with van der Waals surface area (Å²) in [6, 6.07) is 16.9. The van der Waals surface area contributed by atoms with Crippen LogP contribution in [0.5, 0.6) is 0 Å². The van der Waals surface area contributed by atoms with Crippen LogP contribution in [-0.4, -0.2) is 54.3 Å². The number of halogens is 2. The van der Waals surface area contributed by atoms with E-state index in [0.29, 0.717) is 6.54 Å². The first-order valence-corrected chi connectivity index (χ1v) is 11.9. The standard InChI is InChI=1S/C27H29F2N5O/c28-23-5-1-20(2-6-23)18-31-26-17-22(9-10-30-26)25-19-34(12-11-33-13-15-35-16-14-33)32-27(25)21-3-7-24(29)8-4-21/h1-10,17,19,27,32H,11-16,18H2,(H,30,31). The quantitative estimate of drug-likeness (QED) is 0.507. The molecule has 0 bridgehead atoms. The van der Waals surface area contributed by atoms with Crippen molar-refractivity contribution in [2.75, 3.05) is 44.7 Å².